The zero-order valence-corrected chi connectivity index (χ0v) is 12.2. The van der Waals surface area contributed by atoms with E-state index in [1.807, 2.05) is 48.5 Å². The highest BCUT2D eigenvalue weighted by molar-refractivity contribution is 6.05. The fourth-order valence-corrected chi connectivity index (χ4v) is 2.31. The molecular formula is C18H16N2O2. The van der Waals surface area contributed by atoms with Crippen molar-refractivity contribution in [1.29, 1.82) is 0 Å². The summed E-state index contributed by atoms with van der Waals surface area (Å²) < 4.78 is 5.12. The first-order valence-electron chi connectivity index (χ1n) is 7.03. The number of methoxy groups -OCH3 is 1. The smallest absolute Gasteiger partial charge is 0.252 e. The summed E-state index contributed by atoms with van der Waals surface area (Å²) in [4.78, 5) is 16.7. The highest BCUT2D eigenvalue weighted by Gasteiger charge is 2.09. The molecule has 3 rings (SSSR count). The van der Waals surface area contributed by atoms with Crippen LogP contribution < -0.4 is 10.1 Å². The molecule has 3 aromatic rings. The van der Waals surface area contributed by atoms with Crippen LogP contribution in [-0.2, 0) is 6.54 Å². The molecule has 1 N–H and O–H groups in total. The van der Waals surface area contributed by atoms with Crippen molar-refractivity contribution in [3.05, 3.63) is 71.9 Å². The molecule has 0 saturated heterocycles. The Balaban J connectivity index is 1.75. The molecule has 0 saturated carbocycles. The van der Waals surface area contributed by atoms with E-state index in [0.717, 1.165) is 22.2 Å². The maximum absolute atomic E-state index is 12.4. The van der Waals surface area contributed by atoms with E-state index in [2.05, 4.69) is 10.3 Å². The molecule has 0 aliphatic heterocycles. The molecule has 0 bridgehead atoms. The van der Waals surface area contributed by atoms with E-state index in [1.165, 1.54) is 0 Å². The molecule has 4 heteroatoms. The molecule has 0 fully saturated rings. The summed E-state index contributed by atoms with van der Waals surface area (Å²) in [6, 6.07) is 17.0. The number of nitrogens with zero attached hydrogens (tertiary/aromatic N) is 1. The predicted octanol–water partition coefficient (Wildman–Crippen LogP) is 3.17. The lowest BCUT2D eigenvalue weighted by Gasteiger charge is -2.08. The van der Waals surface area contributed by atoms with Gasteiger partial charge < -0.3 is 10.1 Å². The van der Waals surface area contributed by atoms with Gasteiger partial charge in [-0.15, -0.1) is 0 Å². The third-order valence-corrected chi connectivity index (χ3v) is 3.51. The topological polar surface area (TPSA) is 51.2 Å². The van der Waals surface area contributed by atoms with Gasteiger partial charge in [-0.25, -0.2) is 0 Å². The van der Waals surface area contributed by atoms with Gasteiger partial charge in [0.25, 0.3) is 5.91 Å². The summed E-state index contributed by atoms with van der Waals surface area (Å²) >= 11 is 0. The largest absolute Gasteiger partial charge is 0.497 e. The molecule has 0 aliphatic rings. The number of carbonyl (C=O) groups is 1. The van der Waals surface area contributed by atoms with Crippen molar-refractivity contribution in [3.63, 3.8) is 0 Å². The van der Waals surface area contributed by atoms with Crippen LogP contribution in [0.15, 0.2) is 60.8 Å². The van der Waals surface area contributed by atoms with Crippen LogP contribution >= 0.6 is 0 Å². The minimum Gasteiger partial charge on any atom is -0.497 e. The second kappa shape index (κ2) is 6.26. The van der Waals surface area contributed by atoms with Crippen LogP contribution in [0.5, 0.6) is 5.75 Å². The molecule has 0 unspecified atom stereocenters. The van der Waals surface area contributed by atoms with Crippen LogP contribution in [0.1, 0.15) is 15.9 Å². The van der Waals surface area contributed by atoms with Crippen molar-refractivity contribution in [1.82, 2.24) is 10.3 Å². The number of rotatable bonds is 4. The molecule has 22 heavy (non-hydrogen) atoms. The number of para-hydroxylation sites is 1. The fraction of sp³-hybridized carbons (Fsp3) is 0.111. The molecule has 1 heterocycles. The van der Waals surface area contributed by atoms with Crippen molar-refractivity contribution >= 4 is 16.8 Å². The highest BCUT2D eigenvalue weighted by atomic mass is 16.5. The van der Waals surface area contributed by atoms with Crippen molar-refractivity contribution < 1.29 is 9.53 Å². The summed E-state index contributed by atoms with van der Waals surface area (Å²) in [7, 11) is 1.63. The van der Waals surface area contributed by atoms with Crippen molar-refractivity contribution in [2.24, 2.45) is 0 Å². The van der Waals surface area contributed by atoms with Gasteiger partial charge in [0.2, 0.25) is 0 Å². The standard InChI is InChI=1S/C18H16N2O2/c1-22-14-8-6-13(7-9-14)12-20-18(21)16-10-11-19-17-5-3-2-4-15(16)17/h2-11H,12H2,1H3,(H,20,21). The Morgan fingerprint density at radius 1 is 1.09 bits per heavy atom. The maximum Gasteiger partial charge on any atom is 0.252 e. The quantitative estimate of drug-likeness (QED) is 0.803. The van der Waals surface area contributed by atoms with E-state index >= 15 is 0 Å². The van der Waals surface area contributed by atoms with Gasteiger partial charge in [-0.1, -0.05) is 30.3 Å². The van der Waals surface area contributed by atoms with Crippen LogP contribution in [0, 0.1) is 0 Å². The number of amides is 1. The van der Waals surface area contributed by atoms with Gasteiger partial charge in [-0.05, 0) is 29.8 Å². The first-order chi connectivity index (χ1) is 10.8. The molecule has 0 radical (unpaired) electrons. The first-order valence-corrected chi connectivity index (χ1v) is 7.03. The van der Waals surface area contributed by atoms with Gasteiger partial charge in [-0.3, -0.25) is 9.78 Å². The van der Waals surface area contributed by atoms with Crippen LogP contribution in [-0.4, -0.2) is 18.0 Å². The number of carbonyl (C=O) groups excluding carboxylic acids is 1. The van der Waals surface area contributed by atoms with Gasteiger partial charge in [0, 0.05) is 18.1 Å². The lowest BCUT2D eigenvalue weighted by molar-refractivity contribution is 0.0952. The average molecular weight is 292 g/mol. The Labute approximate surface area is 128 Å². The number of benzene rings is 2. The highest BCUT2D eigenvalue weighted by Crippen LogP contribution is 2.16. The molecule has 4 nitrogen and oxygen atoms in total. The number of aromatic nitrogens is 1. The number of hydrogen-bond donors (Lipinski definition) is 1. The van der Waals surface area contributed by atoms with Gasteiger partial charge in [0.1, 0.15) is 5.75 Å². The van der Waals surface area contributed by atoms with E-state index in [-0.39, 0.29) is 5.91 Å². The monoisotopic (exact) mass is 292 g/mol. The maximum atomic E-state index is 12.4. The Bertz CT molecular complexity index is 792. The van der Waals surface area contributed by atoms with E-state index < -0.39 is 0 Å². The Morgan fingerprint density at radius 3 is 2.64 bits per heavy atom. The molecule has 1 aromatic heterocycles. The van der Waals surface area contributed by atoms with Crippen LogP contribution in [0.4, 0.5) is 0 Å². The first kappa shape index (κ1) is 14.1. The fourth-order valence-electron chi connectivity index (χ4n) is 2.31. The predicted molar refractivity (Wildman–Crippen MR) is 85.9 cm³/mol. The zero-order chi connectivity index (χ0) is 15.4. The Kier molecular flexibility index (Phi) is 4.01. The Hall–Kier alpha value is -2.88. The van der Waals surface area contributed by atoms with Gasteiger partial charge >= 0.3 is 0 Å². The normalized spacial score (nSPS) is 10.4. The summed E-state index contributed by atoms with van der Waals surface area (Å²) in [6.07, 6.45) is 1.66. The van der Waals surface area contributed by atoms with E-state index in [0.29, 0.717) is 12.1 Å². The summed E-state index contributed by atoms with van der Waals surface area (Å²) in [5.41, 5.74) is 2.48. The summed E-state index contributed by atoms with van der Waals surface area (Å²) in [5, 5.41) is 3.80. The minimum atomic E-state index is -0.102. The van der Waals surface area contributed by atoms with Crippen LogP contribution in [0.3, 0.4) is 0 Å². The molecule has 2 aromatic carbocycles. The van der Waals surface area contributed by atoms with Gasteiger partial charge in [0.05, 0.1) is 18.2 Å². The van der Waals surface area contributed by atoms with Gasteiger partial charge in [-0.2, -0.15) is 0 Å². The Morgan fingerprint density at radius 2 is 1.86 bits per heavy atom. The van der Waals surface area contributed by atoms with Gasteiger partial charge in [0.15, 0.2) is 0 Å². The molecule has 1 amide bonds. The third-order valence-electron chi connectivity index (χ3n) is 3.51. The zero-order valence-electron chi connectivity index (χ0n) is 12.2. The number of ether oxygens (including phenoxy) is 1. The lowest BCUT2D eigenvalue weighted by Crippen LogP contribution is -2.23. The second-order valence-electron chi connectivity index (χ2n) is 4.91. The SMILES string of the molecule is COc1ccc(CNC(=O)c2ccnc3ccccc23)cc1. The van der Waals surface area contributed by atoms with Crippen LogP contribution in [0.25, 0.3) is 10.9 Å². The van der Waals surface area contributed by atoms with Crippen molar-refractivity contribution in [2.75, 3.05) is 7.11 Å². The number of nitrogens with one attached hydrogen (secondary N) is 1. The van der Waals surface area contributed by atoms with E-state index in [1.54, 1.807) is 19.4 Å². The molecule has 0 aliphatic carbocycles. The molecule has 110 valence electrons. The average Bonchev–Trinajstić information content (AvgIpc) is 2.59. The van der Waals surface area contributed by atoms with Crippen molar-refractivity contribution in [2.45, 2.75) is 6.54 Å². The van der Waals surface area contributed by atoms with E-state index in [9.17, 15) is 4.79 Å². The molecule has 0 spiro atoms. The summed E-state index contributed by atoms with van der Waals surface area (Å²) in [5.74, 6) is 0.699. The van der Waals surface area contributed by atoms with Crippen molar-refractivity contribution in [3.8, 4) is 5.75 Å². The molecule has 0 atom stereocenters. The van der Waals surface area contributed by atoms with E-state index in [4.69, 9.17) is 4.74 Å². The van der Waals surface area contributed by atoms with Crippen LogP contribution in [0.2, 0.25) is 0 Å². The lowest BCUT2D eigenvalue weighted by atomic mass is 10.1. The second-order valence-corrected chi connectivity index (χ2v) is 4.91. The molecular weight excluding hydrogens is 276 g/mol. The minimum absolute atomic E-state index is 0.102. The number of pyridine rings is 1. The summed E-state index contributed by atoms with van der Waals surface area (Å²) in [6.45, 7) is 0.472. The number of fused-ring (bicyclic) bond motifs is 1. The number of hydrogen-bond acceptors (Lipinski definition) is 3. The third kappa shape index (κ3) is 2.91.